The number of carbonyl (C=O) groups is 1. The molecule has 0 amide bonds. The van der Waals surface area contributed by atoms with Crippen LogP contribution in [-0.2, 0) is 8.85 Å². The molecule has 47 heavy (non-hydrogen) atoms. The number of nitrogens with one attached hydrogen (secondary N) is 1. The van der Waals surface area contributed by atoms with E-state index in [1.54, 1.807) is 6.20 Å². The van der Waals surface area contributed by atoms with E-state index in [2.05, 4.69) is 103 Å². The van der Waals surface area contributed by atoms with Gasteiger partial charge in [0.2, 0.25) is 14.1 Å². The van der Waals surface area contributed by atoms with E-state index < -0.39 is 22.7 Å². The second kappa shape index (κ2) is 15.1. The van der Waals surface area contributed by atoms with Crippen LogP contribution in [0.2, 0.25) is 39.1 Å². The first kappa shape index (κ1) is 38.2. The summed E-state index contributed by atoms with van der Waals surface area (Å²) in [5.74, 6) is 7.48. The van der Waals surface area contributed by atoms with Gasteiger partial charge in [-0.3, -0.25) is 4.79 Å². The van der Waals surface area contributed by atoms with E-state index in [0.717, 1.165) is 31.2 Å². The third-order valence-corrected chi connectivity index (χ3v) is 22.6. The highest BCUT2D eigenvalue weighted by Crippen LogP contribution is 2.46. The van der Waals surface area contributed by atoms with Gasteiger partial charge in [0.25, 0.3) is 0 Å². The highest BCUT2D eigenvalue weighted by atomic mass is 35.5. The van der Waals surface area contributed by atoms with Gasteiger partial charge in [0.15, 0.2) is 8.32 Å². The fraction of sp³-hybridized carbons (Fsp3) is 0.694. The molecule has 2 saturated carbocycles. The van der Waals surface area contributed by atoms with E-state index in [-0.39, 0.29) is 35.5 Å². The molecular weight excluding hydrogens is 662 g/mol. The molecule has 4 rings (SSSR count). The number of halogens is 1. The van der Waals surface area contributed by atoms with Crippen molar-refractivity contribution in [3.63, 3.8) is 0 Å². The Labute approximate surface area is 294 Å². The van der Waals surface area contributed by atoms with Gasteiger partial charge in [-0.25, -0.2) is 9.97 Å². The van der Waals surface area contributed by atoms with Gasteiger partial charge >= 0.3 is 0 Å². The van der Waals surface area contributed by atoms with Crippen molar-refractivity contribution in [3.05, 3.63) is 38.9 Å². The van der Waals surface area contributed by atoms with Gasteiger partial charge in [0, 0.05) is 36.2 Å². The molecule has 0 spiro atoms. The molecule has 2 aromatic rings. The number of rotatable bonds is 13. The van der Waals surface area contributed by atoms with Gasteiger partial charge in [-0.1, -0.05) is 85.8 Å². The van der Waals surface area contributed by atoms with Crippen LogP contribution in [0.4, 0.5) is 5.82 Å². The maximum Gasteiger partial charge on any atom is 0.208 e. The molecule has 2 aromatic heterocycles. The summed E-state index contributed by atoms with van der Waals surface area (Å²) in [7, 11) is -4.32. The van der Waals surface area contributed by atoms with Crippen molar-refractivity contribution in [2.24, 2.45) is 11.8 Å². The Morgan fingerprint density at radius 2 is 1.77 bits per heavy atom. The van der Waals surface area contributed by atoms with E-state index in [4.69, 9.17) is 20.5 Å². The Balaban J connectivity index is 1.57. The Morgan fingerprint density at radius 1 is 1.13 bits per heavy atom. The first-order valence-electron chi connectivity index (χ1n) is 17.3. The topological polar surface area (TPSA) is 93.6 Å². The molecule has 0 aromatic carbocycles. The molecule has 2 aliphatic carbocycles. The van der Waals surface area contributed by atoms with Crippen LogP contribution in [-0.4, -0.2) is 56.2 Å². The minimum atomic E-state index is -2.18. The van der Waals surface area contributed by atoms with Gasteiger partial charge in [0.05, 0.1) is 16.5 Å². The number of aromatic nitrogens is 2. The minimum Gasteiger partial charge on any atom is -0.413 e. The lowest BCUT2D eigenvalue weighted by Crippen LogP contribution is -2.51. The van der Waals surface area contributed by atoms with Crippen LogP contribution in [0.5, 0.6) is 0 Å². The van der Waals surface area contributed by atoms with Crippen LogP contribution in [0.3, 0.4) is 0 Å². The molecule has 0 bridgehead atoms. The summed E-state index contributed by atoms with van der Waals surface area (Å²) in [6.07, 6.45) is 6.21. The summed E-state index contributed by atoms with van der Waals surface area (Å²) < 4.78 is 14.4. The lowest BCUT2D eigenvalue weighted by atomic mass is 10.1. The lowest BCUT2D eigenvalue weighted by molar-refractivity contribution is 0.0941. The second-order valence-electron chi connectivity index (χ2n) is 16.0. The highest BCUT2D eigenvalue weighted by molar-refractivity contribution is 7.18. The molecule has 0 radical (unpaired) electrons. The van der Waals surface area contributed by atoms with Crippen molar-refractivity contribution in [2.45, 2.75) is 141 Å². The molecular formula is C36H56ClN3O4SSi2. The second-order valence-corrected chi connectivity index (χ2v) is 27.8. The number of hydrogen-bond donors (Lipinski definition) is 2. The first-order chi connectivity index (χ1) is 21.9. The molecule has 7 nitrogen and oxygen atoms in total. The number of carbonyl (C=O) groups excluding carboxylic acids is 1. The molecule has 2 aliphatic rings. The van der Waals surface area contributed by atoms with Gasteiger partial charge in [0.1, 0.15) is 22.6 Å². The SMILES string of the molecule is CC(C)[Si](O[C@H]1C[C@H](Nc2ncncc2C(=O)c2cc(C(C#CC3CC3)O[Si](C)(C)C(C)(C)C)c(Cl)s2)C[C@@H]1CO)(C(C)C)C(C)C. The average molecular weight is 719 g/mol. The number of aliphatic hydroxyl groups excluding tert-OH is 1. The lowest BCUT2D eigenvalue weighted by Gasteiger charge is -2.45. The van der Waals surface area contributed by atoms with Crippen molar-refractivity contribution >= 4 is 51.2 Å². The molecule has 11 heteroatoms. The van der Waals surface area contributed by atoms with Crippen molar-refractivity contribution in [1.82, 2.24) is 9.97 Å². The quantitative estimate of drug-likeness (QED) is 0.121. The smallest absolute Gasteiger partial charge is 0.208 e. The van der Waals surface area contributed by atoms with Gasteiger partial charge in [-0.15, -0.1) is 11.3 Å². The van der Waals surface area contributed by atoms with Crippen LogP contribution >= 0.6 is 22.9 Å². The fourth-order valence-corrected chi connectivity index (χ4v) is 14.9. The Kier molecular flexibility index (Phi) is 12.3. The standard InChI is InChI=1S/C36H56ClN3O4SSi2/c1-22(2)47(23(3)4,24(5)6)44-31-17-27(16-26(31)20-41)40-35-29(19-38-21-39-35)33(42)32-18-28(34(37)45-32)30(15-14-25-12-13-25)43-46(10,11)36(7,8)9/h18-19,21-27,30-31,41H,12-13,16-17,20H2,1-11H3,(H,38,39,40)/t26-,27-,30?,31+/m1/s1. The van der Waals surface area contributed by atoms with Crippen LogP contribution in [0.1, 0.15) is 115 Å². The van der Waals surface area contributed by atoms with Gasteiger partial charge < -0.3 is 19.3 Å². The third-order valence-electron chi connectivity index (χ3n) is 10.7. The van der Waals surface area contributed by atoms with Crippen molar-refractivity contribution < 1.29 is 18.8 Å². The van der Waals surface area contributed by atoms with Crippen molar-refractivity contribution in [3.8, 4) is 11.8 Å². The maximum absolute atomic E-state index is 14.1. The predicted octanol–water partition coefficient (Wildman–Crippen LogP) is 9.64. The molecule has 0 saturated heterocycles. The number of ketones is 1. The van der Waals surface area contributed by atoms with E-state index in [1.165, 1.54) is 17.7 Å². The molecule has 2 heterocycles. The Hall–Kier alpha value is -1.59. The molecule has 1 unspecified atom stereocenters. The first-order valence-corrected chi connectivity index (χ1v) is 23.5. The largest absolute Gasteiger partial charge is 0.413 e. The number of anilines is 1. The average Bonchev–Trinajstić information content (AvgIpc) is 3.61. The summed E-state index contributed by atoms with van der Waals surface area (Å²) in [4.78, 5) is 23.3. The number of nitrogens with zero attached hydrogens (tertiary/aromatic N) is 2. The van der Waals surface area contributed by atoms with E-state index in [9.17, 15) is 9.90 Å². The van der Waals surface area contributed by atoms with E-state index >= 15 is 0 Å². The molecule has 2 fully saturated rings. The summed E-state index contributed by atoms with van der Waals surface area (Å²) >= 11 is 8.09. The zero-order valence-electron chi connectivity index (χ0n) is 30.2. The molecule has 260 valence electrons. The molecule has 2 N–H and O–H groups in total. The van der Waals surface area contributed by atoms with Crippen LogP contribution in [0, 0.1) is 23.7 Å². The van der Waals surface area contributed by atoms with E-state index in [1.807, 2.05) is 6.07 Å². The Bertz CT molecular complexity index is 1440. The summed E-state index contributed by atoms with van der Waals surface area (Å²) in [5.41, 5.74) is 2.50. The number of aliphatic hydroxyl groups is 1. The van der Waals surface area contributed by atoms with Gasteiger partial charge in [-0.05, 0) is 66.5 Å². The van der Waals surface area contributed by atoms with Crippen LogP contribution in [0.25, 0.3) is 0 Å². The van der Waals surface area contributed by atoms with E-state index in [0.29, 0.717) is 43.1 Å². The summed E-state index contributed by atoms with van der Waals surface area (Å²) in [6.45, 7) is 24.8. The normalized spacial score (nSPS) is 21.3. The zero-order chi connectivity index (χ0) is 34.9. The molecule has 4 atom stereocenters. The fourth-order valence-electron chi connectivity index (χ4n) is 6.88. The predicted molar refractivity (Wildman–Crippen MR) is 199 cm³/mol. The van der Waals surface area contributed by atoms with Crippen LogP contribution in [0.15, 0.2) is 18.6 Å². The van der Waals surface area contributed by atoms with Crippen molar-refractivity contribution in [2.75, 3.05) is 11.9 Å². The highest BCUT2D eigenvalue weighted by Gasteiger charge is 2.49. The van der Waals surface area contributed by atoms with Gasteiger partial charge in [-0.2, -0.15) is 0 Å². The van der Waals surface area contributed by atoms with Crippen LogP contribution < -0.4 is 5.32 Å². The minimum absolute atomic E-state index is 0.000613. The Morgan fingerprint density at radius 3 is 2.32 bits per heavy atom. The molecule has 0 aliphatic heterocycles. The zero-order valence-corrected chi connectivity index (χ0v) is 33.8. The number of thiophene rings is 1. The maximum atomic E-state index is 14.1. The monoisotopic (exact) mass is 717 g/mol. The van der Waals surface area contributed by atoms with Crippen molar-refractivity contribution in [1.29, 1.82) is 0 Å². The summed E-state index contributed by atoms with van der Waals surface area (Å²) in [6, 6.07) is 1.85. The third kappa shape index (κ3) is 8.60. The summed E-state index contributed by atoms with van der Waals surface area (Å²) in [5, 5.41) is 13.9. The number of hydrogen-bond acceptors (Lipinski definition) is 8.